The fourth-order valence-electron chi connectivity index (χ4n) is 1.87. The van der Waals surface area contributed by atoms with Crippen LogP contribution in [0.15, 0.2) is 24.3 Å². The van der Waals surface area contributed by atoms with Crippen LogP contribution < -0.4 is 15.4 Å². The molecule has 0 atom stereocenters. The molecule has 5 nitrogen and oxygen atoms in total. The minimum atomic E-state index is -0.0581. The highest BCUT2D eigenvalue weighted by atomic mass is 35.5. The lowest BCUT2D eigenvalue weighted by Crippen LogP contribution is -2.33. The minimum absolute atomic E-state index is 0. The Hall–Kier alpha value is -1.30. The molecule has 0 unspecified atom stereocenters. The zero-order valence-electron chi connectivity index (χ0n) is 13.0. The highest BCUT2D eigenvalue weighted by Crippen LogP contribution is 2.29. The van der Waals surface area contributed by atoms with Crippen molar-refractivity contribution in [2.24, 2.45) is 5.92 Å². The summed E-state index contributed by atoms with van der Waals surface area (Å²) in [6.07, 6.45) is 2.55. The molecule has 0 saturated heterocycles. The molecule has 1 aliphatic rings. The van der Waals surface area contributed by atoms with E-state index >= 15 is 0 Å². The van der Waals surface area contributed by atoms with Crippen molar-refractivity contribution in [2.75, 3.05) is 40.0 Å². The van der Waals surface area contributed by atoms with E-state index in [1.54, 1.807) is 19.2 Å². The molecule has 0 heterocycles. The quantitative estimate of drug-likeness (QED) is 0.644. The average Bonchev–Trinajstić information content (AvgIpc) is 3.33. The molecule has 6 heteroatoms. The number of amides is 1. The maximum atomic E-state index is 11.9. The van der Waals surface area contributed by atoms with Gasteiger partial charge in [0.2, 0.25) is 0 Å². The van der Waals surface area contributed by atoms with Gasteiger partial charge in [-0.15, -0.1) is 12.4 Å². The van der Waals surface area contributed by atoms with Crippen LogP contribution in [0.4, 0.5) is 0 Å². The van der Waals surface area contributed by atoms with E-state index in [-0.39, 0.29) is 18.3 Å². The van der Waals surface area contributed by atoms with Gasteiger partial charge < -0.3 is 20.1 Å². The maximum absolute atomic E-state index is 11.9. The van der Waals surface area contributed by atoms with E-state index in [0.717, 1.165) is 31.4 Å². The topological polar surface area (TPSA) is 59.6 Å². The molecule has 2 rings (SSSR count). The second-order valence-corrected chi connectivity index (χ2v) is 5.28. The molecule has 1 fully saturated rings. The van der Waals surface area contributed by atoms with Crippen LogP contribution in [-0.2, 0) is 4.74 Å². The van der Waals surface area contributed by atoms with E-state index in [2.05, 4.69) is 10.6 Å². The van der Waals surface area contributed by atoms with Crippen molar-refractivity contribution in [1.29, 1.82) is 0 Å². The summed E-state index contributed by atoms with van der Waals surface area (Å²) in [5.41, 5.74) is 0.658. The number of ether oxygens (including phenoxy) is 2. The van der Waals surface area contributed by atoms with Gasteiger partial charge in [0, 0.05) is 32.3 Å². The fraction of sp³-hybridized carbons (Fsp3) is 0.562. The predicted molar refractivity (Wildman–Crippen MR) is 89.0 cm³/mol. The summed E-state index contributed by atoms with van der Waals surface area (Å²) < 4.78 is 10.6. The normalized spacial score (nSPS) is 13.3. The van der Waals surface area contributed by atoms with Crippen LogP contribution in [0.2, 0.25) is 0 Å². The number of hydrogen-bond acceptors (Lipinski definition) is 4. The molecule has 0 aliphatic heterocycles. The number of carbonyl (C=O) groups is 1. The van der Waals surface area contributed by atoms with E-state index in [4.69, 9.17) is 9.47 Å². The first-order chi connectivity index (χ1) is 10.3. The molecule has 1 amide bonds. The number of hydrogen-bond donors (Lipinski definition) is 2. The minimum Gasteiger partial charge on any atom is -0.493 e. The molecule has 2 N–H and O–H groups in total. The summed E-state index contributed by atoms with van der Waals surface area (Å²) in [7, 11) is 1.67. The first-order valence-corrected chi connectivity index (χ1v) is 7.50. The summed E-state index contributed by atoms with van der Waals surface area (Å²) in [5, 5.41) is 6.05. The Kier molecular flexibility index (Phi) is 8.89. The van der Waals surface area contributed by atoms with Gasteiger partial charge in [-0.05, 0) is 43.0 Å². The SMILES string of the molecule is COCCNCCNC(=O)c1ccc(OCC2CC2)cc1.Cl. The lowest BCUT2D eigenvalue weighted by Gasteiger charge is -2.08. The van der Waals surface area contributed by atoms with E-state index in [9.17, 15) is 4.79 Å². The van der Waals surface area contributed by atoms with Crippen LogP contribution in [0.3, 0.4) is 0 Å². The van der Waals surface area contributed by atoms with Gasteiger partial charge in [-0.2, -0.15) is 0 Å². The number of methoxy groups -OCH3 is 1. The van der Waals surface area contributed by atoms with Gasteiger partial charge in [0.25, 0.3) is 5.91 Å². The third-order valence-electron chi connectivity index (χ3n) is 3.37. The van der Waals surface area contributed by atoms with Crippen LogP contribution in [-0.4, -0.2) is 45.9 Å². The standard InChI is InChI=1S/C16H24N2O3.ClH/c1-20-11-10-17-8-9-18-16(19)14-4-6-15(7-5-14)21-12-13-2-3-13;/h4-7,13,17H,2-3,8-12H2,1H3,(H,18,19);1H. The van der Waals surface area contributed by atoms with Gasteiger partial charge in [-0.25, -0.2) is 0 Å². The molecule has 1 aliphatic carbocycles. The van der Waals surface area contributed by atoms with Gasteiger partial charge in [0.05, 0.1) is 13.2 Å². The fourth-order valence-corrected chi connectivity index (χ4v) is 1.87. The third kappa shape index (κ3) is 7.11. The maximum Gasteiger partial charge on any atom is 0.251 e. The Morgan fingerprint density at radius 3 is 2.55 bits per heavy atom. The van der Waals surface area contributed by atoms with Crippen molar-refractivity contribution in [3.8, 4) is 5.75 Å². The monoisotopic (exact) mass is 328 g/mol. The first kappa shape index (κ1) is 18.7. The third-order valence-corrected chi connectivity index (χ3v) is 3.37. The molecule has 1 aromatic carbocycles. The molecule has 124 valence electrons. The van der Waals surface area contributed by atoms with Crippen molar-refractivity contribution in [3.05, 3.63) is 29.8 Å². The first-order valence-electron chi connectivity index (χ1n) is 7.50. The summed E-state index contributed by atoms with van der Waals surface area (Å²) >= 11 is 0. The Morgan fingerprint density at radius 2 is 1.91 bits per heavy atom. The van der Waals surface area contributed by atoms with Crippen molar-refractivity contribution < 1.29 is 14.3 Å². The van der Waals surface area contributed by atoms with E-state index in [1.165, 1.54) is 12.8 Å². The van der Waals surface area contributed by atoms with E-state index in [0.29, 0.717) is 18.7 Å². The number of benzene rings is 1. The van der Waals surface area contributed by atoms with Gasteiger partial charge in [0.15, 0.2) is 0 Å². The van der Waals surface area contributed by atoms with Crippen LogP contribution in [0.1, 0.15) is 23.2 Å². The number of halogens is 1. The van der Waals surface area contributed by atoms with Gasteiger partial charge in [0.1, 0.15) is 5.75 Å². The van der Waals surface area contributed by atoms with Gasteiger partial charge in [-0.1, -0.05) is 0 Å². The van der Waals surface area contributed by atoms with E-state index in [1.807, 2.05) is 12.1 Å². The van der Waals surface area contributed by atoms with Gasteiger partial charge >= 0.3 is 0 Å². The molecule has 22 heavy (non-hydrogen) atoms. The Morgan fingerprint density at radius 1 is 1.18 bits per heavy atom. The molecule has 0 aromatic heterocycles. The van der Waals surface area contributed by atoms with Crippen LogP contribution in [0.5, 0.6) is 5.75 Å². The van der Waals surface area contributed by atoms with Crippen molar-refractivity contribution >= 4 is 18.3 Å². The largest absolute Gasteiger partial charge is 0.493 e. The smallest absolute Gasteiger partial charge is 0.251 e. The predicted octanol–water partition coefficient (Wildman–Crippen LogP) is 1.86. The number of nitrogens with one attached hydrogen (secondary N) is 2. The summed E-state index contributed by atoms with van der Waals surface area (Å²) in [5.74, 6) is 1.51. The van der Waals surface area contributed by atoms with Gasteiger partial charge in [-0.3, -0.25) is 4.79 Å². The average molecular weight is 329 g/mol. The molecule has 1 aromatic rings. The Balaban J connectivity index is 0.00000242. The highest BCUT2D eigenvalue weighted by Gasteiger charge is 2.21. The summed E-state index contributed by atoms with van der Waals surface area (Å²) in [6.45, 7) is 3.59. The van der Waals surface area contributed by atoms with Crippen LogP contribution >= 0.6 is 12.4 Å². The molecule has 0 bridgehead atoms. The second kappa shape index (κ2) is 10.4. The van der Waals surface area contributed by atoms with Crippen LogP contribution in [0, 0.1) is 5.92 Å². The molecule has 0 spiro atoms. The van der Waals surface area contributed by atoms with E-state index < -0.39 is 0 Å². The summed E-state index contributed by atoms with van der Waals surface area (Å²) in [4.78, 5) is 11.9. The van der Waals surface area contributed by atoms with Crippen molar-refractivity contribution in [3.63, 3.8) is 0 Å². The zero-order chi connectivity index (χ0) is 14.9. The Bertz CT molecular complexity index is 436. The highest BCUT2D eigenvalue weighted by molar-refractivity contribution is 5.94. The van der Waals surface area contributed by atoms with Crippen molar-refractivity contribution in [2.45, 2.75) is 12.8 Å². The zero-order valence-corrected chi connectivity index (χ0v) is 13.8. The van der Waals surface area contributed by atoms with Crippen LogP contribution in [0.25, 0.3) is 0 Å². The lowest BCUT2D eigenvalue weighted by molar-refractivity contribution is 0.0953. The number of carbonyl (C=O) groups excluding carboxylic acids is 1. The molecular formula is C16H25ClN2O3. The van der Waals surface area contributed by atoms with Crippen molar-refractivity contribution in [1.82, 2.24) is 10.6 Å². The molecule has 1 saturated carbocycles. The lowest BCUT2D eigenvalue weighted by atomic mass is 10.2. The molecular weight excluding hydrogens is 304 g/mol. The Labute approximate surface area is 138 Å². The second-order valence-electron chi connectivity index (χ2n) is 5.28. The molecule has 0 radical (unpaired) electrons. The number of rotatable bonds is 10. The summed E-state index contributed by atoms with van der Waals surface area (Å²) in [6, 6.07) is 7.31.